The number of piperazine rings is 1. The molecule has 1 saturated heterocycles. The van der Waals surface area contributed by atoms with Gasteiger partial charge in [-0.1, -0.05) is 6.92 Å². The Bertz CT molecular complexity index is 590. The summed E-state index contributed by atoms with van der Waals surface area (Å²) in [6.45, 7) is 5.43. The Hall–Kier alpha value is -1.44. The number of likely N-dealkylation sites (N-methyl/N-ethyl adjacent to an activating group) is 1. The van der Waals surface area contributed by atoms with Crippen molar-refractivity contribution in [3.05, 3.63) is 29.8 Å². The minimum Gasteiger partial charge on any atom is -0.334 e. The molecular weight excluding hydrogens is 290 g/mol. The summed E-state index contributed by atoms with van der Waals surface area (Å²) >= 11 is 0. The van der Waals surface area contributed by atoms with E-state index in [0.29, 0.717) is 12.1 Å². The SMILES string of the molecule is CCNS(=O)(=O)c1ccc(C(=O)N2CC[NH+](C)CC2)cc1. The molecule has 1 aliphatic rings. The molecule has 1 aromatic rings. The van der Waals surface area contributed by atoms with E-state index < -0.39 is 10.0 Å². The van der Waals surface area contributed by atoms with Crippen LogP contribution in [-0.4, -0.2) is 59.0 Å². The number of amides is 1. The van der Waals surface area contributed by atoms with Crippen molar-refractivity contribution in [3.63, 3.8) is 0 Å². The first-order chi connectivity index (χ1) is 9.94. The van der Waals surface area contributed by atoms with Gasteiger partial charge in [0, 0.05) is 12.1 Å². The van der Waals surface area contributed by atoms with E-state index in [4.69, 9.17) is 0 Å². The van der Waals surface area contributed by atoms with E-state index in [0.717, 1.165) is 26.2 Å². The number of nitrogens with zero attached hydrogens (tertiary/aromatic N) is 1. The van der Waals surface area contributed by atoms with E-state index in [2.05, 4.69) is 11.8 Å². The Kier molecular flexibility index (Phi) is 4.97. The zero-order chi connectivity index (χ0) is 15.5. The fraction of sp³-hybridized carbons (Fsp3) is 0.500. The molecule has 0 aliphatic carbocycles. The van der Waals surface area contributed by atoms with Gasteiger partial charge in [-0.05, 0) is 24.3 Å². The van der Waals surface area contributed by atoms with E-state index in [9.17, 15) is 13.2 Å². The second-order valence-corrected chi connectivity index (χ2v) is 7.04. The maximum absolute atomic E-state index is 12.3. The van der Waals surface area contributed by atoms with Crippen LogP contribution in [-0.2, 0) is 10.0 Å². The van der Waals surface area contributed by atoms with Gasteiger partial charge in [0.05, 0.1) is 38.1 Å². The summed E-state index contributed by atoms with van der Waals surface area (Å²) < 4.78 is 26.1. The van der Waals surface area contributed by atoms with Gasteiger partial charge in [0.1, 0.15) is 0 Å². The van der Waals surface area contributed by atoms with Gasteiger partial charge in [0.2, 0.25) is 10.0 Å². The number of rotatable bonds is 4. The molecule has 0 radical (unpaired) electrons. The van der Waals surface area contributed by atoms with Crippen molar-refractivity contribution in [2.24, 2.45) is 0 Å². The fourth-order valence-electron chi connectivity index (χ4n) is 2.32. The summed E-state index contributed by atoms with van der Waals surface area (Å²) in [6, 6.07) is 6.12. The lowest BCUT2D eigenvalue weighted by molar-refractivity contribution is -0.883. The van der Waals surface area contributed by atoms with E-state index in [-0.39, 0.29) is 10.8 Å². The highest BCUT2D eigenvalue weighted by atomic mass is 32.2. The van der Waals surface area contributed by atoms with Gasteiger partial charge in [-0.25, -0.2) is 13.1 Å². The molecule has 0 spiro atoms. The molecule has 21 heavy (non-hydrogen) atoms. The van der Waals surface area contributed by atoms with Gasteiger partial charge in [0.15, 0.2) is 0 Å². The van der Waals surface area contributed by atoms with E-state index >= 15 is 0 Å². The molecule has 1 fully saturated rings. The lowest BCUT2D eigenvalue weighted by Gasteiger charge is -2.30. The minimum atomic E-state index is -3.46. The molecule has 6 nitrogen and oxygen atoms in total. The molecule has 1 heterocycles. The standard InChI is InChI=1S/C14H21N3O3S/c1-3-15-21(19,20)13-6-4-12(5-7-13)14(18)17-10-8-16(2)9-11-17/h4-7,15H,3,8-11H2,1-2H3/p+1. The third-order valence-corrected chi connectivity index (χ3v) is 5.21. The van der Waals surface area contributed by atoms with Crippen molar-refractivity contribution < 1.29 is 18.1 Å². The second kappa shape index (κ2) is 6.55. The summed E-state index contributed by atoms with van der Waals surface area (Å²) in [5.41, 5.74) is 0.532. The molecule has 0 unspecified atom stereocenters. The molecule has 116 valence electrons. The maximum Gasteiger partial charge on any atom is 0.254 e. The number of hydrogen-bond donors (Lipinski definition) is 2. The highest BCUT2D eigenvalue weighted by Gasteiger charge is 2.22. The molecule has 0 saturated carbocycles. The van der Waals surface area contributed by atoms with Crippen LogP contribution in [0.1, 0.15) is 17.3 Å². The van der Waals surface area contributed by atoms with Crippen molar-refractivity contribution in [2.45, 2.75) is 11.8 Å². The molecule has 2 N–H and O–H groups in total. The number of benzene rings is 1. The van der Waals surface area contributed by atoms with Crippen LogP contribution < -0.4 is 9.62 Å². The average Bonchev–Trinajstić information content (AvgIpc) is 2.47. The van der Waals surface area contributed by atoms with Crippen molar-refractivity contribution in [3.8, 4) is 0 Å². The molecule has 7 heteroatoms. The first kappa shape index (κ1) is 15.9. The smallest absolute Gasteiger partial charge is 0.254 e. The molecule has 0 aromatic heterocycles. The van der Waals surface area contributed by atoms with Gasteiger partial charge >= 0.3 is 0 Å². The second-order valence-electron chi connectivity index (χ2n) is 5.28. The van der Waals surface area contributed by atoms with Crippen LogP contribution >= 0.6 is 0 Å². The summed E-state index contributed by atoms with van der Waals surface area (Å²) in [4.78, 5) is 15.8. The predicted octanol–water partition coefficient (Wildman–Crippen LogP) is -1.04. The first-order valence-electron chi connectivity index (χ1n) is 7.14. The summed E-state index contributed by atoms with van der Waals surface area (Å²) in [7, 11) is -1.35. The normalized spacial score (nSPS) is 17.0. The van der Waals surface area contributed by atoms with Crippen LogP contribution in [0.25, 0.3) is 0 Å². The number of quaternary nitrogens is 1. The molecule has 2 rings (SSSR count). The predicted molar refractivity (Wildman–Crippen MR) is 79.8 cm³/mol. The molecule has 0 atom stereocenters. The van der Waals surface area contributed by atoms with Crippen LogP contribution in [0.3, 0.4) is 0 Å². The third kappa shape index (κ3) is 3.81. The Morgan fingerprint density at radius 1 is 1.24 bits per heavy atom. The summed E-state index contributed by atoms with van der Waals surface area (Å²) in [6.07, 6.45) is 0. The highest BCUT2D eigenvalue weighted by Crippen LogP contribution is 2.12. The number of carbonyl (C=O) groups excluding carboxylic acids is 1. The van der Waals surface area contributed by atoms with Crippen molar-refractivity contribution in [2.75, 3.05) is 39.8 Å². The van der Waals surface area contributed by atoms with Crippen molar-refractivity contribution in [1.82, 2.24) is 9.62 Å². The van der Waals surface area contributed by atoms with E-state index in [1.54, 1.807) is 19.1 Å². The van der Waals surface area contributed by atoms with Crippen LogP contribution in [0.2, 0.25) is 0 Å². The lowest BCUT2D eigenvalue weighted by atomic mass is 10.2. The van der Waals surface area contributed by atoms with Crippen LogP contribution in [0.15, 0.2) is 29.2 Å². The fourth-order valence-corrected chi connectivity index (χ4v) is 3.37. The monoisotopic (exact) mass is 312 g/mol. The van der Waals surface area contributed by atoms with Gasteiger partial charge in [-0.15, -0.1) is 0 Å². The zero-order valence-corrected chi connectivity index (χ0v) is 13.2. The highest BCUT2D eigenvalue weighted by molar-refractivity contribution is 7.89. The molecule has 1 aromatic carbocycles. The summed E-state index contributed by atoms with van der Waals surface area (Å²) in [5, 5.41) is 0. The maximum atomic E-state index is 12.3. The van der Waals surface area contributed by atoms with Gasteiger partial charge < -0.3 is 9.80 Å². The largest absolute Gasteiger partial charge is 0.334 e. The molecule has 0 bridgehead atoms. The molecule has 1 amide bonds. The van der Waals surface area contributed by atoms with Crippen LogP contribution in [0, 0.1) is 0 Å². The van der Waals surface area contributed by atoms with E-state index in [1.807, 2.05) is 4.90 Å². The Labute approximate surface area is 125 Å². The van der Waals surface area contributed by atoms with Crippen molar-refractivity contribution in [1.29, 1.82) is 0 Å². The number of hydrogen-bond acceptors (Lipinski definition) is 3. The van der Waals surface area contributed by atoms with Gasteiger partial charge in [-0.2, -0.15) is 0 Å². The Balaban J connectivity index is 2.10. The van der Waals surface area contributed by atoms with Crippen LogP contribution in [0.5, 0.6) is 0 Å². The van der Waals surface area contributed by atoms with Crippen molar-refractivity contribution >= 4 is 15.9 Å². The number of sulfonamides is 1. The third-order valence-electron chi connectivity index (χ3n) is 3.65. The Morgan fingerprint density at radius 3 is 2.33 bits per heavy atom. The van der Waals surface area contributed by atoms with Gasteiger partial charge in [-0.3, -0.25) is 4.79 Å². The lowest BCUT2D eigenvalue weighted by Crippen LogP contribution is -3.12. The average molecular weight is 312 g/mol. The zero-order valence-electron chi connectivity index (χ0n) is 12.4. The van der Waals surface area contributed by atoms with E-state index in [1.165, 1.54) is 17.0 Å². The first-order valence-corrected chi connectivity index (χ1v) is 8.62. The Morgan fingerprint density at radius 2 is 1.81 bits per heavy atom. The van der Waals surface area contributed by atoms with Crippen LogP contribution in [0.4, 0.5) is 0 Å². The van der Waals surface area contributed by atoms with Gasteiger partial charge in [0.25, 0.3) is 5.91 Å². The molecule has 1 aliphatic heterocycles. The minimum absolute atomic E-state index is 0.0325. The topological polar surface area (TPSA) is 70.9 Å². The summed E-state index contributed by atoms with van der Waals surface area (Å²) in [5.74, 6) is -0.0325. The number of carbonyl (C=O) groups is 1. The number of nitrogens with one attached hydrogen (secondary N) is 2. The molecular formula is C14H22N3O3S+. The quantitative estimate of drug-likeness (QED) is 0.746.